The summed E-state index contributed by atoms with van der Waals surface area (Å²) in [7, 11) is 0. The molecule has 4 heteroatoms. The normalized spacial score (nSPS) is 12.2. The lowest BCUT2D eigenvalue weighted by molar-refractivity contribution is 0.648. The molecule has 0 radical (unpaired) electrons. The number of rotatable bonds is 3. The van der Waals surface area contributed by atoms with Gasteiger partial charge in [0, 0.05) is 38.7 Å². The first-order chi connectivity index (χ1) is 17.2. The van der Waals surface area contributed by atoms with Crippen molar-refractivity contribution in [2.45, 2.75) is 60.3 Å². The molecule has 0 bridgehead atoms. The van der Waals surface area contributed by atoms with E-state index in [1.807, 2.05) is 0 Å². The van der Waals surface area contributed by atoms with Gasteiger partial charge in [0.15, 0.2) is 0 Å². The summed E-state index contributed by atoms with van der Waals surface area (Å²) < 4.78 is 6.53. The fraction of sp³-hybridized carbons (Fsp3) is 0.281. The van der Waals surface area contributed by atoms with E-state index in [1.54, 1.807) is 0 Å². The molecule has 4 nitrogen and oxygen atoms in total. The van der Waals surface area contributed by atoms with Crippen molar-refractivity contribution in [2.75, 3.05) is 0 Å². The van der Waals surface area contributed by atoms with Crippen LogP contribution in [0.3, 0.4) is 0 Å². The lowest BCUT2D eigenvalue weighted by Crippen LogP contribution is -2.02. The topological polar surface area (TPSA) is 51.8 Å². The first-order valence-electron chi connectivity index (χ1n) is 12.8. The first kappa shape index (κ1) is 22.7. The van der Waals surface area contributed by atoms with E-state index >= 15 is 0 Å². The predicted octanol–water partition coefficient (Wildman–Crippen LogP) is 8.92. The highest BCUT2D eigenvalue weighted by atomic mass is 16.3. The molecule has 180 valence electrons. The average molecular weight is 474 g/mol. The number of benzene rings is 3. The third kappa shape index (κ3) is 3.31. The Hall–Kier alpha value is -3.79. The summed E-state index contributed by atoms with van der Waals surface area (Å²) in [6.45, 7) is 15.1. The van der Waals surface area contributed by atoms with Crippen LogP contribution < -0.4 is 0 Å². The van der Waals surface area contributed by atoms with E-state index in [1.165, 1.54) is 27.5 Å². The summed E-state index contributed by atoms with van der Waals surface area (Å²) in [5, 5.41) is 5.66. The van der Waals surface area contributed by atoms with Gasteiger partial charge in [0.2, 0.25) is 5.71 Å². The molecule has 0 aliphatic rings. The fourth-order valence-electron chi connectivity index (χ4n) is 5.33. The van der Waals surface area contributed by atoms with Gasteiger partial charge in [-0.2, -0.15) is 0 Å². The van der Waals surface area contributed by atoms with Gasteiger partial charge in [-0.15, -0.1) is 0 Å². The van der Waals surface area contributed by atoms with Gasteiger partial charge in [0.1, 0.15) is 11.4 Å². The Labute approximate surface area is 211 Å². The minimum Gasteiger partial charge on any atom is -0.437 e. The molecular weight excluding hydrogens is 442 g/mol. The second-order valence-corrected chi connectivity index (χ2v) is 10.7. The van der Waals surface area contributed by atoms with Gasteiger partial charge in [-0.05, 0) is 73.0 Å². The minimum absolute atomic E-state index is 0.195. The van der Waals surface area contributed by atoms with Crippen molar-refractivity contribution >= 4 is 43.7 Å². The zero-order valence-corrected chi connectivity index (χ0v) is 22.0. The Morgan fingerprint density at radius 2 is 1.44 bits per heavy atom. The van der Waals surface area contributed by atoms with Crippen LogP contribution in [-0.4, -0.2) is 15.0 Å². The lowest BCUT2D eigenvalue weighted by Gasteiger charge is -2.15. The van der Waals surface area contributed by atoms with Crippen molar-refractivity contribution in [1.82, 2.24) is 15.0 Å². The van der Waals surface area contributed by atoms with Crippen LogP contribution in [0.4, 0.5) is 0 Å². The van der Waals surface area contributed by atoms with Crippen LogP contribution in [0.1, 0.15) is 67.7 Å². The number of hydrogen-bond acceptors (Lipinski definition) is 4. The van der Waals surface area contributed by atoms with Crippen LogP contribution in [0.25, 0.3) is 55.0 Å². The van der Waals surface area contributed by atoms with E-state index in [-0.39, 0.29) is 5.92 Å². The molecule has 0 N–H and O–H groups in total. The van der Waals surface area contributed by atoms with Crippen molar-refractivity contribution in [1.29, 1.82) is 0 Å². The number of nitrogens with zero attached hydrogens (tertiary/aromatic N) is 3. The molecule has 6 rings (SSSR count). The monoisotopic (exact) mass is 473 g/mol. The molecule has 0 amide bonds. The maximum absolute atomic E-state index is 6.53. The molecule has 36 heavy (non-hydrogen) atoms. The predicted molar refractivity (Wildman–Crippen MR) is 150 cm³/mol. The first-order valence-corrected chi connectivity index (χ1v) is 12.8. The van der Waals surface area contributed by atoms with Crippen molar-refractivity contribution in [3.8, 4) is 11.3 Å². The zero-order chi connectivity index (χ0) is 25.3. The van der Waals surface area contributed by atoms with E-state index in [4.69, 9.17) is 19.4 Å². The largest absolute Gasteiger partial charge is 0.437 e. The van der Waals surface area contributed by atoms with Gasteiger partial charge in [-0.1, -0.05) is 52.0 Å². The molecular formula is C32H31N3O. The number of fused-ring (bicyclic) bond motifs is 6. The maximum atomic E-state index is 6.53. The highest BCUT2D eigenvalue weighted by Gasteiger charge is 2.21. The number of hydrogen-bond donors (Lipinski definition) is 0. The SMILES string of the molecule is Cc1cc2c(-c3ccc(C)c4c3oc3nc(C(C)C)ccc34)nc(C(C)C)nc2c2c(C)cccc12. The van der Waals surface area contributed by atoms with E-state index in [9.17, 15) is 0 Å². The highest BCUT2D eigenvalue weighted by Crippen LogP contribution is 2.41. The molecule has 3 heterocycles. The Kier molecular flexibility index (Phi) is 5.11. The summed E-state index contributed by atoms with van der Waals surface area (Å²) >= 11 is 0. The number of aromatic nitrogens is 3. The van der Waals surface area contributed by atoms with Crippen LogP contribution in [0.5, 0.6) is 0 Å². The van der Waals surface area contributed by atoms with E-state index in [0.29, 0.717) is 11.6 Å². The van der Waals surface area contributed by atoms with E-state index in [2.05, 4.69) is 97.0 Å². The van der Waals surface area contributed by atoms with Gasteiger partial charge in [-0.3, -0.25) is 0 Å². The number of aryl methyl sites for hydroxylation is 3. The van der Waals surface area contributed by atoms with Crippen LogP contribution >= 0.6 is 0 Å². The molecule has 0 unspecified atom stereocenters. The van der Waals surface area contributed by atoms with E-state index in [0.717, 1.165) is 50.0 Å². The summed E-state index contributed by atoms with van der Waals surface area (Å²) in [4.78, 5) is 15.1. The molecule has 0 spiro atoms. The molecule has 0 saturated heterocycles. The van der Waals surface area contributed by atoms with Crippen molar-refractivity contribution in [3.05, 3.63) is 76.7 Å². The van der Waals surface area contributed by atoms with Gasteiger partial charge in [0.25, 0.3) is 0 Å². The van der Waals surface area contributed by atoms with E-state index < -0.39 is 0 Å². The molecule has 0 fully saturated rings. The fourth-order valence-corrected chi connectivity index (χ4v) is 5.33. The van der Waals surface area contributed by atoms with Crippen LogP contribution in [0.2, 0.25) is 0 Å². The summed E-state index contributed by atoms with van der Waals surface area (Å²) in [6.07, 6.45) is 0. The second kappa shape index (κ2) is 8.12. The lowest BCUT2D eigenvalue weighted by atomic mass is 9.94. The number of furan rings is 1. The maximum Gasteiger partial charge on any atom is 0.227 e. The summed E-state index contributed by atoms with van der Waals surface area (Å²) in [5.41, 5.74) is 9.10. The van der Waals surface area contributed by atoms with Crippen molar-refractivity contribution < 1.29 is 4.42 Å². The molecule has 0 aliphatic carbocycles. The van der Waals surface area contributed by atoms with Gasteiger partial charge in [0.05, 0.1) is 11.2 Å². The van der Waals surface area contributed by atoms with Crippen molar-refractivity contribution in [2.24, 2.45) is 0 Å². The smallest absolute Gasteiger partial charge is 0.227 e. The molecule has 6 aromatic rings. The highest BCUT2D eigenvalue weighted by molar-refractivity contribution is 6.16. The Bertz CT molecular complexity index is 1830. The van der Waals surface area contributed by atoms with Crippen LogP contribution in [0.15, 0.2) is 52.9 Å². The third-order valence-corrected chi connectivity index (χ3v) is 7.34. The third-order valence-electron chi connectivity index (χ3n) is 7.34. The molecule has 3 aromatic heterocycles. The Balaban J connectivity index is 1.77. The molecule has 0 aliphatic heterocycles. The molecule has 3 aromatic carbocycles. The Morgan fingerprint density at radius 1 is 0.667 bits per heavy atom. The summed E-state index contributed by atoms with van der Waals surface area (Å²) in [5.74, 6) is 1.37. The van der Waals surface area contributed by atoms with Gasteiger partial charge >= 0.3 is 0 Å². The molecule has 0 saturated carbocycles. The Morgan fingerprint density at radius 3 is 2.19 bits per heavy atom. The standard InChI is InChI=1S/C32H31N3O/c1-16(2)25-14-13-22-27-19(6)11-12-23(30(27)36-32(22)33-25)28-24-15-20(7)21-10-8-9-18(5)26(21)29(24)35-31(34-28)17(3)4/h8-17H,1-7H3. The second-order valence-electron chi connectivity index (χ2n) is 10.7. The van der Waals surface area contributed by atoms with Crippen LogP contribution in [0, 0.1) is 20.8 Å². The van der Waals surface area contributed by atoms with Crippen molar-refractivity contribution in [3.63, 3.8) is 0 Å². The minimum atomic E-state index is 0.195. The number of pyridine rings is 1. The molecule has 0 atom stereocenters. The summed E-state index contributed by atoms with van der Waals surface area (Å²) in [6, 6.07) is 17.3. The zero-order valence-electron chi connectivity index (χ0n) is 22.0. The quantitative estimate of drug-likeness (QED) is 0.241. The van der Waals surface area contributed by atoms with Gasteiger partial charge < -0.3 is 4.42 Å². The van der Waals surface area contributed by atoms with Crippen LogP contribution in [-0.2, 0) is 0 Å². The average Bonchev–Trinajstić information content (AvgIpc) is 3.24. The van der Waals surface area contributed by atoms with Gasteiger partial charge in [-0.25, -0.2) is 15.0 Å².